The Hall–Kier alpha value is -4.51. The number of likely N-dealkylation sites (N-methyl/N-ethyl adjacent to an activating group) is 1. The third-order valence-corrected chi connectivity index (χ3v) is 11.1. The molecule has 242 valence electrons. The number of hydrogen-bond acceptors (Lipinski definition) is 7. The molecular formula is C37H39N5O4S. The van der Waals surface area contributed by atoms with E-state index in [1.807, 2.05) is 25.1 Å². The zero-order valence-electron chi connectivity index (χ0n) is 26.9. The van der Waals surface area contributed by atoms with Crippen LogP contribution in [0.15, 0.2) is 90.1 Å². The van der Waals surface area contributed by atoms with Crippen LogP contribution in [0.3, 0.4) is 0 Å². The quantitative estimate of drug-likeness (QED) is 0.271. The SMILES string of the molecule is Cc1ccc(S(=O)(=O)n2cc(-c3ccc(C(=O)N4CC[C@H](O)C4)cc3)c3cc(-c4ccc(N5CCN(C)CC5)c(C)c4)cnc32)cc1. The molecule has 0 aliphatic carbocycles. The number of hydrogen-bond donors (Lipinski definition) is 1. The fourth-order valence-electron chi connectivity index (χ4n) is 6.61. The first-order valence-electron chi connectivity index (χ1n) is 16.0. The van der Waals surface area contributed by atoms with Crippen LogP contribution in [0, 0.1) is 13.8 Å². The van der Waals surface area contributed by atoms with Crippen molar-refractivity contribution in [3.8, 4) is 22.3 Å². The summed E-state index contributed by atoms with van der Waals surface area (Å²) >= 11 is 0. The summed E-state index contributed by atoms with van der Waals surface area (Å²) in [5.41, 5.74) is 7.59. The molecule has 3 aromatic carbocycles. The van der Waals surface area contributed by atoms with Gasteiger partial charge in [0.2, 0.25) is 0 Å². The maximum absolute atomic E-state index is 14.0. The Morgan fingerprint density at radius 2 is 1.55 bits per heavy atom. The molecule has 7 rings (SSSR count). The fraction of sp³-hybridized carbons (Fsp3) is 0.297. The number of aryl methyl sites for hydroxylation is 2. The van der Waals surface area contributed by atoms with E-state index in [2.05, 4.69) is 42.0 Å². The number of nitrogens with zero attached hydrogens (tertiary/aromatic N) is 5. The number of aromatic nitrogens is 2. The van der Waals surface area contributed by atoms with Crippen LogP contribution in [0.1, 0.15) is 27.9 Å². The van der Waals surface area contributed by atoms with Crippen molar-refractivity contribution in [2.45, 2.75) is 31.3 Å². The van der Waals surface area contributed by atoms with Crippen LogP contribution in [0.5, 0.6) is 0 Å². The number of likely N-dealkylation sites (tertiary alicyclic amines) is 1. The largest absolute Gasteiger partial charge is 0.391 e. The fourth-order valence-corrected chi connectivity index (χ4v) is 7.94. The second-order valence-electron chi connectivity index (χ2n) is 12.8. The molecule has 1 atom stereocenters. The van der Waals surface area contributed by atoms with Gasteiger partial charge in [-0.3, -0.25) is 4.79 Å². The van der Waals surface area contributed by atoms with E-state index in [9.17, 15) is 18.3 Å². The molecule has 1 amide bonds. The van der Waals surface area contributed by atoms with E-state index in [1.165, 1.54) is 15.2 Å². The smallest absolute Gasteiger partial charge is 0.269 e. The Morgan fingerprint density at radius 1 is 0.851 bits per heavy atom. The highest BCUT2D eigenvalue weighted by atomic mass is 32.2. The predicted octanol–water partition coefficient (Wildman–Crippen LogP) is 5.18. The normalized spacial score (nSPS) is 17.5. The van der Waals surface area contributed by atoms with Gasteiger partial charge in [0.15, 0.2) is 5.65 Å². The lowest BCUT2D eigenvalue weighted by Crippen LogP contribution is -2.44. The third-order valence-electron chi connectivity index (χ3n) is 9.46. The first-order chi connectivity index (χ1) is 22.6. The number of fused-ring (bicyclic) bond motifs is 1. The van der Waals surface area contributed by atoms with Gasteiger partial charge in [-0.25, -0.2) is 17.4 Å². The summed E-state index contributed by atoms with van der Waals surface area (Å²) in [6.45, 7) is 8.94. The molecule has 5 aromatic rings. The molecule has 2 fully saturated rings. The number of pyridine rings is 1. The van der Waals surface area contributed by atoms with Gasteiger partial charge in [0.25, 0.3) is 15.9 Å². The van der Waals surface area contributed by atoms with E-state index < -0.39 is 16.1 Å². The number of carbonyl (C=O) groups is 1. The molecule has 2 aromatic heterocycles. The summed E-state index contributed by atoms with van der Waals surface area (Å²) in [6.07, 6.45) is 3.45. The average molecular weight is 650 g/mol. The number of amides is 1. The number of aliphatic hydroxyl groups excluding tert-OH is 1. The Balaban J connectivity index is 1.30. The number of aliphatic hydroxyl groups is 1. The molecule has 0 unspecified atom stereocenters. The summed E-state index contributed by atoms with van der Waals surface area (Å²) in [6, 6.07) is 22.5. The van der Waals surface area contributed by atoms with Crippen molar-refractivity contribution in [1.29, 1.82) is 0 Å². The lowest BCUT2D eigenvalue weighted by atomic mass is 9.99. The number of piperazine rings is 1. The minimum absolute atomic E-state index is 0.128. The Bertz CT molecular complexity index is 2060. The summed E-state index contributed by atoms with van der Waals surface area (Å²) in [5, 5.41) is 10.6. The number of β-amino-alcohol motifs (C(OH)–C–C–N with tert-alkyl or cyclic N) is 1. The predicted molar refractivity (Wildman–Crippen MR) is 185 cm³/mol. The number of rotatable bonds is 6. The summed E-state index contributed by atoms with van der Waals surface area (Å²) < 4.78 is 29.2. The standard InChI is InChI=1S/C37H39N5O4S/c1-25-4-11-32(12-5-25)47(45,46)42-24-34(27-6-8-28(9-7-27)37(44)41-15-14-31(43)23-41)33-21-30(22-38-36(33)42)29-10-13-35(26(2)20-29)40-18-16-39(3)17-19-40/h4-13,20-22,24,31,43H,14-19,23H2,1-3H3/t31-/m0/s1. The highest BCUT2D eigenvalue weighted by molar-refractivity contribution is 7.90. The van der Waals surface area contributed by atoms with Crippen molar-refractivity contribution < 1.29 is 18.3 Å². The maximum Gasteiger partial charge on any atom is 0.269 e. The summed E-state index contributed by atoms with van der Waals surface area (Å²) in [7, 11) is -1.80. The third kappa shape index (κ3) is 5.93. The van der Waals surface area contributed by atoms with Gasteiger partial charge >= 0.3 is 0 Å². The second-order valence-corrected chi connectivity index (χ2v) is 14.6. The molecule has 2 aliphatic heterocycles. The molecule has 0 spiro atoms. The molecule has 0 saturated carbocycles. The molecule has 10 heteroatoms. The van der Waals surface area contributed by atoms with Gasteiger partial charge in [0.1, 0.15) is 0 Å². The van der Waals surface area contributed by atoms with Crippen LogP contribution in [0.2, 0.25) is 0 Å². The zero-order chi connectivity index (χ0) is 32.9. The van der Waals surface area contributed by atoms with E-state index in [0.717, 1.165) is 48.4 Å². The molecule has 1 N–H and O–H groups in total. The first kappa shape index (κ1) is 31.1. The molecule has 4 heterocycles. The summed E-state index contributed by atoms with van der Waals surface area (Å²) in [5.74, 6) is -0.128. The van der Waals surface area contributed by atoms with E-state index >= 15 is 0 Å². The van der Waals surface area contributed by atoms with Gasteiger partial charge in [0, 0.05) is 79.4 Å². The average Bonchev–Trinajstić information content (AvgIpc) is 3.69. The van der Waals surface area contributed by atoms with E-state index in [4.69, 9.17) is 4.98 Å². The van der Waals surface area contributed by atoms with Crippen LogP contribution in [0.4, 0.5) is 5.69 Å². The number of anilines is 1. The van der Waals surface area contributed by atoms with Crippen molar-refractivity contribution in [3.05, 3.63) is 102 Å². The van der Waals surface area contributed by atoms with Crippen molar-refractivity contribution >= 4 is 32.7 Å². The van der Waals surface area contributed by atoms with Crippen LogP contribution in [-0.4, -0.2) is 90.6 Å². The lowest BCUT2D eigenvalue weighted by molar-refractivity contribution is 0.0765. The molecular weight excluding hydrogens is 611 g/mol. The second kappa shape index (κ2) is 12.3. The number of benzene rings is 3. The maximum atomic E-state index is 14.0. The van der Waals surface area contributed by atoms with Crippen LogP contribution < -0.4 is 4.90 Å². The number of carbonyl (C=O) groups excluding carboxylic acids is 1. The van der Waals surface area contributed by atoms with Crippen LogP contribution in [0.25, 0.3) is 33.3 Å². The molecule has 9 nitrogen and oxygen atoms in total. The van der Waals surface area contributed by atoms with Crippen LogP contribution in [-0.2, 0) is 10.0 Å². The van der Waals surface area contributed by atoms with Gasteiger partial charge in [-0.15, -0.1) is 0 Å². The van der Waals surface area contributed by atoms with Gasteiger partial charge in [0.05, 0.1) is 11.0 Å². The van der Waals surface area contributed by atoms with Gasteiger partial charge in [-0.05, 0) is 86.5 Å². The van der Waals surface area contributed by atoms with E-state index in [1.54, 1.807) is 53.7 Å². The van der Waals surface area contributed by atoms with Crippen molar-refractivity contribution in [2.24, 2.45) is 0 Å². The van der Waals surface area contributed by atoms with Gasteiger partial charge in [-0.2, -0.15) is 0 Å². The molecule has 2 saturated heterocycles. The van der Waals surface area contributed by atoms with Crippen molar-refractivity contribution in [3.63, 3.8) is 0 Å². The molecule has 0 radical (unpaired) electrons. The van der Waals surface area contributed by atoms with Gasteiger partial charge < -0.3 is 19.8 Å². The van der Waals surface area contributed by atoms with Crippen molar-refractivity contribution in [2.75, 3.05) is 51.2 Å². The van der Waals surface area contributed by atoms with Crippen molar-refractivity contribution in [1.82, 2.24) is 18.8 Å². The Morgan fingerprint density at radius 3 is 2.21 bits per heavy atom. The van der Waals surface area contributed by atoms with Crippen LogP contribution >= 0.6 is 0 Å². The minimum atomic E-state index is -3.95. The topological polar surface area (TPSA) is 99.0 Å². The molecule has 47 heavy (non-hydrogen) atoms. The lowest BCUT2D eigenvalue weighted by Gasteiger charge is -2.35. The monoisotopic (exact) mass is 649 g/mol. The summed E-state index contributed by atoms with van der Waals surface area (Å²) in [4.78, 5) is 24.4. The Kier molecular flexibility index (Phi) is 8.11. The Labute approximate surface area is 275 Å². The zero-order valence-corrected chi connectivity index (χ0v) is 27.7. The molecule has 2 aliphatic rings. The van der Waals surface area contributed by atoms with E-state index in [-0.39, 0.29) is 10.8 Å². The van der Waals surface area contributed by atoms with E-state index in [0.29, 0.717) is 41.7 Å². The first-order valence-corrected chi connectivity index (χ1v) is 17.5. The highest BCUT2D eigenvalue weighted by Gasteiger charge is 2.27. The highest BCUT2D eigenvalue weighted by Crippen LogP contribution is 2.36. The molecule has 0 bridgehead atoms. The minimum Gasteiger partial charge on any atom is -0.391 e. The van der Waals surface area contributed by atoms with Gasteiger partial charge in [-0.1, -0.05) is 35.9 Å².